The normalized spacial score (nSPS) is 12.7. The molecule has 3 heteroatoms. The Balaban J connectivity index is 4.27. The maximum atomic E-state index is 11.7. The summed E-state index contributed by atoms with van der Waals surface area (Å²) in [5, 5.41) is 3.19. The lowest BCUT2D eigenvalue weighted by atomic mass is 9.90. The summed E-state index contributed by atoms with van der Waals surface area (Å²) < 4.78 is 4.93. The van der Waals surface area contributed by atoms with Crippen LogP contribution in [-0.4, -0.2) is 26.0 Å². The highest BCUT2D eigenvalue weighted by molar-refractivity contribution is 5.94. The van der Waals surface area contributed by atoms with Crippen LogP contribution in [0.3, 0.4) is 0 Å². The number of hydrogen-bond donors (Lipinski definition) is 1. The fraction of sp³-hybridized carbons (Fsp3) is 0.750. The largest absolute Gasteiger partial charge is 0.386 e. The maximum Gasteiger partial charge on any atom is 0.162 e. The number of ether oxygens (including phenoxy) is 1. The van der Waals surface area contributed by atoms with Crippen LogP contribution in [0.15, 0.2) is 11.8 Å². The highest BCUT2D eigenvalue weighted by Crippen LogP contribution is 2.16. The number of allylic oxidation sites excluding steroid dienone is 2. The first-order valence-electron chi connectivity index (χ1n) is 5.39. The van der Waals surface area contributed by atoms with Crippen molar-refractivity contribution in [2.24, 2.45) is 5.41 Å². The third kappa shape index (κ3) is 6.28. The van der Waals surface area contributed by atoms with Crippen molar-refractivity contribution in [3.63, 3.8) is 0 Å². The number of rotatable bonds is 6. The quantitative estimate of drug-likeness (QED) is 0.542. The lowest BCUT2D eigenvalue weighted by Crippen LogP contribution is -2.23. The van der Waals surface area contributed by atoms with E-state index in [4.69, 9.17) is 4.74 Å². The van der Waals surface area contributed by atoms with Crippen LogP contribution < -0.4 is 5.32 Å². The topological polar surface area (TPSA) is 38.3 Å². The first-order valence-corrected chi connectivity index (χ1v) is 5.39. The molecule has 0 aliphatic heterocycles. The van der Waals surface area contributed by atoms with Crippen molar-refractivity contribution in [3.8, 4) is 0 Å². The number of carbonyl (C=O) groups is 1. The van der Waals surface area contributed by atoms with E-state index in [-0.39, 0.29) is 11.2 Å². The summed E-state index contributed by atoms with van der Waals surface area (Å²) in [6, 6.07) is 0. The van der Waals surface area contributed by atoms with Crippen LogP contribution >= 0.6 is 0 Å². The highest BCUT2D eigenvalue weighted by atomic mass is 16.5. The highest BCUT2D eigenvalue weighted by Gasteiger charge is 2.19. The molecular weight excluding hydrogens is 190 g/mol. The standard InChI is InChI=1S/C12H23NO2/c1-6-10(13-7-8-15-5)9-11(14)12(2,3)4/h9,13H,6-8H2,1-5H3/b10-9+. The summed E-state index contributed by atoms with van der Waals surface area (Å²) in [4.78, 5) is 11.7. The zero-order valence-electron chi connectivity index (χ0n) is 10.5. The molecule has 0 spiro atoms. The molecule has 0 atom stereocenters. The minimum Gasteiger partial charge on any atom is -0.386 e. The molecule has 0 saturated heterocycles. The summed E-state index contributed by atoms with van der Waals surface area (Å²) in [7, 11) is 1.66. The minimum atomic E-state index is -0.302. The Hall–Kier alpha value is -0.830. The van der Waals surface area contributed by atoms with E-state index in [9.17, 15) is 4.79 Å². The molecule has 0 heterocycles. The van der Waals surface area contributed by atoms with Crippen LogP contribution in [0.25, 0.3) is 0 Å². The van der Waals surface area contributed by atoms with E-state index in [1.165, 1.54) is 0 Å². The molecular formula is C12H23NO2. The molecule has 0 aromatic carbocycles. The first-order chi connectivity index (χ1) is 6.91. The van der Waals surface area contributed by atoms with Gasteiger partial charge in [-0.25, -0.2) is 0 Å². The third-order valence-corrected chi connectivity index (χ3v) is 2.08. The van der Waals surface area contributed by atoms with Crippen molar-refractivity contribution >= 4 is 5.78 Å². The van der Waals surface area contributed by atoms with Crippen LogP contribution in [0.1, 0.15) is 34.1 Å². The van der Waals surface area contributed by atoms with Crippen molar-refractivity contribution in [2.45, 2.75) is 34.1 Å². The predicted octanol–water partition coefficient (Wildman–Crippen LogP) is 2.13. The summed E-state index contributed by atoms with van der Waals surface area (Å²) in [6.07, 6.45) is 2.54. The Morgan fingerprint density at radius 3 is 2.40 bits per heavy atom. The summed E-state index contributed by atoms with van der Waals surface area (Å²) in [6.45, 7) is 9.20. The minimum absolute atomic E-state index is 0.157. The Bertz CT molecular complexity index is 226. The molecule has 0 unspecified atom stereocenters. The van der Waals surface area contributed by atoms with Crippen molar-refractivity contribution in [3.05, 3.63) is 11.8 Å². The van der Waals surface area contributed by atoms with Crippen molar-refractivity contribution < 1.29 is 9.53 Å². The first kappa shape index (κ1) is 14.2. The van der Waals surface area contributed by atoms with Gasteiger partial charge in [-0.15, -0.1) is 0 Å². The van der Waals surface area contributed by atoms with E-state index in [1.807, 2.05) is 27.7 Å². The van der Waals surface area contributed by atoms with Crippen LogP contribution in [0.5, 0.6) is 0 Å². The summed E-state index contributed by atoms with van der Waals surface area (Å²) in [5.41, 5.74) is 0.676. The molecule has 0 rings (SSSR count). The molecule has 0 amide bonds. The van der Waals surface area contributed by atoms with Crippen molar-refractivity contribution in [2.75, 3.05) is 20.3 Å². The Morgan fingerprint density at radius 2 is 2.00 bits per heavy atom. The zero-order chi connectivity index (χ0) is 11.9. The van der Waals surface area contributed by atoms with Gasteiger partial charge in [-0.2, -0.15) is 0 Å². The molecule has 0 saturated carbocycles. The fourth-order valence-electron chi connectivity index (χ4n) is 0.966. The van der Waals surface area contributed by atoms with Gasteiger partial charge in [0.1, 0.15) is 0 Å². The van der Waals surface area contributed by atoms with Gasteiger partial charge in [0.25, 0.3) is 0 Å². The number of nitrogens with one attached hydrogen (secondary N) is 1. The molecule has 15 heavy (non-hydrogen) atoms. The molecule has 0 aromatic rings. The van der Waals surface area contributed by atoms with E-state index < -0.39 is 0 Å². The van der Waals surface area contributed by atoms with Gasteiger partial charge in [0.05, 0.1) is 6.61 Å². The van der Waals surface area contributed by atoms with Crippen molar-refractivity contribution in [1.29, 1.82) is 0 Å². The van der Waals surface area contributed by atoms with E-state index in [0.717, 1.165) is 18.7 Å². The smallest absolute Gasteiger partial charge is 0.162 e. The lowest BCUT2D eigenvalue weighted by molar-refractivity contribution is -0.121. The Labute approximate surface area is 92.9 Å². The SMILES string of the molecule is CC/C(=C\C(=O)C(C)(C)C)NCCOC. The van der Waals surface area contributed by atoms with E-state index in [2.05, 4.69) is 5.32 Å². The van der Waals surface area contributed by atoms with E-state index >= 15 is 0 Å². The molecule has 3 nitrogen and oxygen atoms in total. The summed E-state index contributed by atoms with van der Waals surface area (Å²) >= 11 is 0. The van der Waals surface area contributed by atoms with Gasteiger partial charge in [0, 0.05) is 30.8 Å². The lowest BCUT2D eigenvalue weighted by Gasteiger charge is -2.15. The molecule has 0 bridgehead atoms. The Morgan fingerprint density at radius 1 is 1.40 bits per heavy atom. The van der Waals surface area contributed by atoms with Gasteiger partial charge in [0.2, 0.25) is 0 Å². The van der Waals surface area contributed by atoms with Gasteiger partial charge in [0.15, 0.2) is 5.78 Å². The maximum absolute atomic E-state index is 11.7. The third-order valence-electron chi connectivity index (χ3n) is 2.08. The number of methoxy groups -OCH3 is 1. The van der Waals surface area contributed by atoms with Crippen LogP contribution in [0.2, 0.25) is 0 Å². The van der Waals surface area contributed by atoms with Gasteiger partial charge in [-0.1, -0.05) is 27.7 Å². The van der Waals surface area contributed by atoms with E-state index in [0.29, 0.717) is 6.61 Å². The summed E-state index contributed by atoms with van der Waals surface area (Å²) in [5.74, 6) is 0.157. The van der Waals surface area contributed by atoms with Gasteiger partial charge < -0.3 is 10.1 Å². The van der Waals surface area contributed by atoms with E-state index in [1.54, 1.807) is 13.2 Å². The second kappa shape index (κ2) is 6.62. The zero-order valence-corrected chi connectivity index (χ0v) is 10.5. The molecule has 0 aromatic heterocycles. The molecule has 0 aliphatic carbocycles. The molecule has 1 N–H and O–H groups in total. The monoisotopic (exact) mass is 213 g/mol. The van der Waals surface area contributed by atoms with Crippen molar-refractivity contribution in [1.82, 2.24) is 5.32 Å². The predicted molar refractivity (Wildman–Crippen MR) is 62.7 cm³/mol. The fourth-order valence-corrected chi connectivity index (χ4v) is 0.966. The molecule has 0 fully saturated rings. The number of hydrogen-bond acceptors (Lipinski definition) is 3. The van der Waals surface area contributed by atoms with Gasteiger partial charge in [-0.05, 0) is 6.42 Å². The van der Waals surface area contributed by atoms with Crippen LogP contribution in [-0.2, 0) is 9.53 Å². The number of carbonyl (C=O) groups excluding carboxylic acids is 1. The van der Waals surface area contributed by atoms with Crippen LogP contribution in [0.4, 0.5) is 0 Å². The van der Waals surface area contributed by atoms with Gasteiger partial charge in [-0.3, -0.25) is 4.79 Å². The van der Waals surface area contributed by atoms with Crippen LogP contribution in [0, 0.1) is 5.41 Å². The second-order valence-corrected chi connectivity index (χ2v) is 4.56. The Kier molecular flexibility index (Phi) is 6.25. The molecule has 0 radical (unpaired) electrons. The average molecular weight is 213 g/mol. The molecule has 0 aliphatic rings. The number of ketones is 1. The average Bonchev–Trinajstić information content (AvgIpc) is 2.14. The van der Waals surface area contributed by atoms with Gasteiger partial charge >= 0.3 is 0 Å². The second-order valence-electron chi connectivity index (χ2n) is 4.56. The molecule has 88 valence electrons.